The van der Waals surface area contributed by atoms with E-state index in [1.165, 1.54) is 13.2 Å². The summed E-state index contributed by atoms with van der Waals surface area (Å²) in [6.45, 7) is 1.83. The molecule has 120 valence electrons. The molecule has 0 saturated heterocycles. The number of carbonyl (C=O) groups excluding carboxylic acids is 1. The number of ether oxygens (including phenoxy) is 1. The summed E-state index contributed by atoms with van der Waals surface area (Å²) in [5.41, 5.74) is 9.57. The Morgan fingerprint density at radius 3 is 2.79 bits per heavy atom. The largest absolute Gasteiger partial charge is 0.496 e. The predicted octanol–water partition coefficient (Wildman–Crippen LogP) is 4.92. The van der Waals surface area contributed by atoms with Crippen molar-refractivity contribution in [3.8, 4) is 17.2 Å². The molecular formula is C16H11ClN4O3. The number of hydrogen-bond donors (Lipinski definition) is 0. The van der Waals surface area contributed by atoms with E-state index in [0.717, 1.165) is 5.76 Å². The molecule has 0 unspecified atom stereocenters. The topological polar surface area (TPSA) is 101 Å². The van der Waals surface area contributed by atoms with Gasteiger partial charge in [-0.3, -0.25) is 4.79 Å². The van der Waals surface area contributed by atoms with Crippen LogP contribution in [-0.4, -0.2) is 18.0 Å². The van der Waals surface area contributed by atoms with Crippen LogP contribution >= 0.6 is 11.6 Å². The van der Waals surface area contributed by atoms with E-state index in [1.54, 1.807) is 18.2 Å². The Hall–Kier alpha value is -3.02. The Labute approximate surface area is 141 Å². The average Bonchev–Trinajstić information content (AvgIpc) is 3.00. The summed E-state index contributed by atoms with van der Waals surface area (Å²) in [6.07, 6.45) is 0. The molecule has 0 atom stereocenters. The van der Waals surface area contributed by atoms with Crippen molar-refractivity contribution in [3.63, 3.8) is 0 Å². The Bertz CT molecular complexity index is 1010. The van der Waals surface area contributed by atoms with Gasteiger partial charge in [-0.25, -0.2) is 4.98 Å². The number of azide groups is 1. The first-order valence-electron chi connectivity index (χ1n) is 6.88. The van der Waals surface area contributed by atoms with Gasteiger partial charge in [-0.1, -0.05) is 11.6 Å². The summed E-state index contributed by atoms with van der Waals surface area (Å²) in [6, 6.07) is 8.35. The maximum absolute atomic E-state index is 11.9. The van der Waals surface area contributed by atoms with Crippen molar-refractivity contribution in [2.75, 3.05) is 7.11 Å². The van der Waals surface area contributed by atoms with Crippen LogP contribution in [0, 0.1) is 6.92 Å². The van der Waals surface area contributed by atoms with E-state index in [0.29, 0.717) is 27.4 Å². The zero-order chi connectivity index (χ0) is 17.3. The smallest absolute Gasteiger partial charge is 0.252 e. The van der Waals surface area contributed by atoms with Crippen LogP contribution in [0.2, 0.25) is 5.02 Å². The lowest BCUT2D eigenvalue weighted by Crippen LogP contribution is -1.99. The molecule has 1 aromatic carbocycles. The number of amides is 1. The van der Waals surface area contributed by atoms with Gasteiger partial charge in [-0.05, 0) is 47.9 Å². The lowest BCUT2D eigenvalue weighted by Gasteiger charge is -2.09. The maximum Gasteiger partial charge on any atom is 0.252 e. The Balaban J connectivity index is 2.25. The highest BCUT2D eigenvalue weighted by Gasteiger charge is 2.16. The molecule has 0 saturated carbocycles. The summed E-state index contributed by atoms with van der Waals surface area (Å²) in [5, 5.41) is 4.14. The molecule has 0 bridgehead atoms. The molecule has 0 radical (unpaired) electrons. The summed E-state index contributed by atoms with van der Waals surface area (Å²) in [5.74, 6) is 0.811. The maximum atomic E-state index is 11.9. The third-order valence-corrected chi connectivity index (χ3v) is 3.75. The van der Waals surface area contributed by atoms with Crippen molar-refractivity contribution >= 4 is 28.4 Å². The molecule has 1 amide bonds. The SMILES string of the molecule is COc1cc2c(Cl)cc(-c3ccc(C)o3)nc2cc1C(=O)N=[N+]=[N-]. The van der Waals surface area contributed by atoms with Crippen LogP contribution in [0.1, 0.15) is 16.1 Å². The number of halogens is 1. The second-order valence-electron chi connectivity index (χ2n) is 4.96. The Kier molecular flexibility index (Phi) is 4.12. The lowest BCUT2D eigenvalue weighted by molar-refractivity contribution is 0.0997. The molecule has 3 aromatic rings. The molecule has 24 heavy (non-hydrogen) atoms. The van der Waals surface area contributed by atoms with Crippen LogP contribution < -0.4 is 4.74 Å². The fourth-order valence-electron chi connectivity index (χ4n) is 2.34. The number of nitrogens with zero attached hydrogens (tertiary/aromatic N) is 4. The van der Waals surface area contributed by atoms with Crippen molar-refractivity contribution in [2.24, 2.45) is 5.11 Å². The molecule has 7 nitrogen and oxygen atoms in total. The third kappa shape index (κ3) is 2.78. The van der Waals surface area contributed by atoms with E-state index in [-0.39, 0.29) is 11.3 Å². The molecular weight excluding hydrogens is 332 g/mol. The lowest BCUT2D eigenvalue weighted by atomic mass is 10.1. The number of carbonyl (C=O) groups is 1. The quantitative estimate of drug-likeness (QED) is 0.383. The number of hydrogen-bond acceptors (Lipinski definition) is 4. The third-order valence-electron chi connectivity index (χ3n) is 3.44. The first kappa shape index (κ1) is 15.9. The van der Waals surface area contributed by atoms with E-state index in [2.05, 4.69) is 15.0 Å². The number of fused-ring (bicyclic) bond motifs is 1. The van der Waals surface area contributed by atoms with Crippen LogP contribution in [0.5, 0.6) is 5.75 Å². The van der Waals surface area contributed by atoms with Gasteiger partial charge in [0.2, 0.25) is 0 Å². The van der Waals surface area contributed by atoms with Gasteiger partial charge < -0.3 is 9.15 Å². The molecule has 2 aromatic heterocycles. The minimum Gasteiger partial charge on any atom is -0.496 e. The van der Waals surface area contributed by atoms with E-state index < -0.39 is 5.91 Å². The molecule has 0 aliphatic rings. The molecule has 0 fully saturated rings. The predicted molar refractivity (Wildman–Crippen MR) is 89.2 cm³/mol. The monoisotopic (exact) mass is 342 g/mol. The van der Waals surface area contributed by atoms with Gasteiger partial charge in [-0.2, -0.15) is 0 Å². The van der Waals surface area contributed by atoms with Crippen LogP contribution in [0.4, 0.5) is 0 Å². The molecule has 0 aliphatic heterocycles. The van der Waals surface area contributed by atoms with E-state index in [1.807, 2.05) is 13.0 Å². The highest BCUT2D eigenvalue weighted by molar-refractivity contribution is 6.35. The number of aryl methyl sites for hydroxylation is 1. The van der Waals surface area contributed by atoms with Gasteiger partial charge in [-0.15, -0.1) is 0 Å². The Morgan fingerprint density at radius 1 is 1.38 bits per heavy atom. The molecule has 0 N–H and O–H groups in total. The summed E-state index contributed by atoms with van der Waals surface area (Å²) >= 11 is 6.34. The zero-order valence-electron chi connectivity index (χ0n) is 12.8. The van der Waals surface area contributed by atoms with Gasteiger partial charge in [0.25, 0.3) is 5.91 Å². The highest BCUT2D eigenvalue weighted by Crippen LogP contribution is 2.33. The number of furan rings is 1. The standard InChI is InChI=1S/C16H11ClN4O3/c1-8-3-4-14(24-8)13-7-11(17)9-6-15(23-2)10(5-12(9)19-13)16(22)20-21-18/h3-7H,1-2H3. The highest BCUT2D eigenvalue weighted by atomic mass is 35.5. The van der Waals surface area contributed by atoms with E-state index in [9.17, 15) is 4.79 Å². The van der Waals surface area contributed by atoms with Crippen molar-refractivity contribution in [2.45, 2.75) is 6.92 Å². The van der Waals surface area contributed by atoms with Crippen LogP contribution in [0.3, 0.4) is 0 Å². The van der Waals surface area contributed by atoms with Crippen molar-refractivity contribution < 1.29 is 13.9 Å². The van der Waals surface area contributed by atoms with Gasteiger partial charge >= 0.3 is 0 Å². The van der Waals surface area contributed by atoms with E-state index in [4.69, 9.17) is 26.3 Å². The number of rotatable bonds is 3. The van der Waals surface area contributed by atoms with Crippen molar-refractivity contribution in [1.82, 2.24) is 4.98 Å². The van der Waals surface area contributed by atoms with Gasteiger partial charge in [0.1, 0.15) is 17.2 Å². The second-order valence-corrected chi connectivity index (χ2v) is 5.37. The van der Waals surface area contributed by atoms with Crippen LogP contribution in [0.25, 0.3) is 32.8 Å². The van der Waals surface area contributed by atoms with Crippen molar-refractivity contribution in [1.29, 1.82) is 0 Å². The molecule has 0 aliphatic carbocycles. The number of benzene rings is 1. The first-order chi connectivity index (χ1) is 11.5. The fourth-order valence-corrected chi connectivity index (χ4v) is 2.60. The number of aromatic nitrogens is 1. The Morgan fingerprint density at radius 2 is 2.17 bits per heavy atom. The van der Waals surface area contributed by atoms with Gasteiger partial charge in [0.15, 0.2) is 5.76 Å². The first-order valence-corrected chi connectivity index (χ1v) is 7.26. The number of methoxy groups -OCH3 is 1. The summed E-state index contributed by atoms with van der Waals surface area (Å²) in [4.78, 5) is 18.9. The van der Waals surface area contributed by atoms with Gasteiger partial charge in [0, 0.05) is 10.3 Å². The molecule has 3 rings (SSSR count). The fraction of sp³-hybridized carbons (Fsp3) is 0.125. The van der Waals surface area contributed by atoms with E-state index >= 15 is 0 Å². The summed E-state index contributed by atoms with van der Waals surface area (Å²) < 4.78 is 10.7. The van der Waals surface area contributed by atoms with Crippen LogP contribution in [-0.2, 0) is 0 Å². The molecule has 0 spiro atoms. The second kappa shape index (κ2) is 6.23. The minimum atomic E-state index is -0.756. The molecule has 8 heteroatoms. The normalized spacial score (nSPS) is 10.5. The van der Waals surface area contributed by atoms with Crippen molar-refractivity contribution in [3.05, 3.63) is 57.1 Å². The minimum absolute atomic E-state index is 0.110. The zero-order valence-corrected chi connectivity index (χ0v) is 13.5. The molecule has 2 heterocycles. The van der Waals surface area contributed by atoms with Crippen LogP contribution in [0.15, 0.2) is 39.9 Å². The van der Waals surface area contributed by atoms with Gasteiger partial charge in [0.05, 0.1) is 23.2 Å². The average molecular weight is 343 g/mol. The summed E-state index contributed by atoms with van der Waals surface area (Å²) in [7, 11) is 1.41. The number of pyridine rings is 1.